The number of anilines is 9. The van der Waals surface area contributed by atoms with Gasteiger partial charge in [0, 0.05) is 73.8 Å². The highest BCUT2D eigenvalue weighted by Crippen LogP contribution is 2.55. The van der Waals surface area contributed by atoms with Crippen LogP contribution < -0.4 is 40.6 Å². The van der Waals surface area contributed by atoms with E-state index in [-0.39, 0.29) is 17.5 Å². The fourth-order valence-electron chi connectivity index (χ4n) is 14.2. The maximum Gasteiger partial charge on any atom is 0.252 e. The minimum Gasteiger partial charge on any atom is -0.489 e. The van der Waals surface area contributed by atoms with E-state index in [2.05, 4.69) is 299 Å². The molecule has 1 aliphatic carbocycles. The van der Waals surface area contributed by atoms with Crippen molar-refractivity contribution in [2.24, 2.45) is 0 Å². The molecule has 86 heavy (non-hydrogen) atoms. The normalized spacial score (nSPS) is 14.2. The molecule has 416 valence electrons. The minimum atomic E-state index is -0.188. The van der Waals surface area contributed by atoms with E-state index in [1.165, 1.54) is 44.2 Å². The molecule has 0 spiro atoms. The van der Waals surface area contributed by atoms with Gasteiger partial charge >= 0.3 is 0 Å². The molecule has 11 aromatic carbocycles. The molecule has 0 bridgehead atoms. The summed E-state index contributed by atoms with van der Waals surface area (Å²) in [4.78, 5) is 7.47. The molecule has 0 saturated heterocycles. The average molecular weight is 1110 g/mol. The number of fused-ring (bicyclic) bond motifs is 9. The van der Waals surface area contributed by atoms with Crippen LogP contribution in [0.1, 0.15) is 63.3 Å². The third-order valence-corrected chi connectivity index (χ3v) is 18.3. The Labute approximate surface area is 504 Å². The predicted molar refractivity (Wildman–Crippen MR) is 358 cm³/mol. The zero-order valence-corrected chi connectivity index (χ0v) is 49.4. The summed E-state index contributed by atoms with van der Waals surface area (Å²) in [5.74, 6) is 2.32. The lowest BCUT2D eigenvalue weighted by Gasteiger charge is -2.45. The predicted octanol–water partition coefficient (Wildman–Crippen LogP) is 19.1. The summed E-state index contributed by atoms with van der Waals surface area (Å²) >= 11 is 0. The van der Waals surface area contributed by atoms with Gasteiger partial charge in [-0.3, -0.25) is 0 Å². The molecule has 6 nitrogen and oxygen atoms in total. The lowest BCUT2D eigenvalue weighted by Crippen LogP contribution is -2.61. The molecule has 4 heterocycles. The molecule has 3 aliphatic heterocycles. The zero-order valence-electron chi connectivity index (χ0n) is 49.4. The first kappa shape index (κ1) is 51.6. The largest absolute Gasteiger partial charge is 0.489 e. The smallest absolute Gasteiger partial charge is 0.252 e. The second-order valence-corrected chi connectivity index (χ2v) is 25.1. The van der Waals surface area contributed by atoms with Crippen LogP contribution in [0.3, 0.4) is 0 Å². The van der Waals surface area contributed by atoms with E-state index < -0.39 is 0 Å². The quantitative estimate of drug-likeness (QED) is 0.141. The molecule has 0 atom stereocenters. The first-order chi connectivity index (χ1) is 41.9. The second-order valence-electron chi connectivity index (χ2n) is 25.1. The van der Waals surface area contributed by atoms with Crippen molar-refractivity contribution in [2.45, 2.75) is 58.8 Å². The Kier molecular flexibility index (Phi) is 11.9. The molecule has 0 N–H and O–H groups in total. The minimum absolute atomic E-state index is 0.144. The number of benzene rings is 11. The molecular weight excluding hydrogens is 1050 g/mol. The molecule has 16 rings (SSSR count). The highest BCUT2D eigenvalue weighted by molar-refractivity contribution is 7.00. The Balaban J connectivity index is 1.01. The third-order valence-electron chi connectivity index (χ3n) is 18.3. The number of furan rings is 1. The highest BCUT2D eigenvalue weighted by Gasteiger charge is 2.46. The monoisotopic (exact) mass is 1110 g/mol. The fraction of sp³-hybridized carbons (Fsp3) is 0.139. The van der Waals surface area contributed by atoms with Gasteiger partial charge in [-0.1, -0.05) is 174 Å². The summed E-state index contributed by atoms with van der Waals surface area (Å²) in [7, 11) is 0. The van der Waals surface area contributed by atoms with E-state index in [4.69, 9.17) is 13.9 Å². The van der Waals surface area contributed by atoms with Gasteiger partial charge in [0.05, 0.1) is 13.2 Å². The first-order valence-corrected chi connectivity index (χ1v) is 30.2. The summed E-state index contributed by atoms with van der Waals surface area (Å²) in [6.07, 6.45) is 0.786. The van der Waals surface area contributed by atoms with E-state index in [1.807, 2.05) is 0 Å². The number of para-hydroxylation sites is 3. The van der Waals surface area contributed by atoms with Crippen LogP contribution >= 0.6 is 0 Å². The fourth-order valence-corrected chi connectivity index (χ4v) is 14.2. The number of ether oxygens (including phenoxy) is 2. The second kappa shape index (κ2) is 19.8. The molecule has 12 aromatic rings. The number of aryl methyl sites for hydroxylation is 1. The van der Waals surface area contributed by atoms with E-state index >= 15 is 0 Å². The topological polar surface area (TPSA) is 41.3 Å². The van der Waals surface area contributed by atoms with Crippen molar-refractivity contribution in [1.29, 1.82) is 0 Å². The zero-order chi connectivity index (χ0) is 58.0. The van der Waals surface area contributed by atoms with Crippen LogP contribution in [0.25, 0.3) is 55.7 Å². The van der Waals surface area contributed by atoms with Gasteiger partial charge in [-0.05, 0) is 182 Å². The van der Waals surface area contributed by atoms with Crippen LogP contribution in [-0.4, -0.2) is 19.9 Å². The van der Waals surface area contributed by atoms with Crippen molar-refractivity contribution in [3.8, 4) is 56.2 Å². The van der Waals surface area contributed by atoms with Crippen molar-refractivity contribution >= 4 is 85.3 Å². The Bertz CT molecular complexity index is 4600. The molecule has 0 amide bonds. The van der Waals surface area contributed by atoms with Gasteiger partial charge in [-0.2, -0.15) is 0 Å². The summed E-state index contributed by atoms with van der Waals surface area (Å²) in [5.41, 5.74) is 26.9. The van der Waals surface area contributed by atoms with Crippen molar-refractivity contribution in [3.05, 3.63) is 265 Å². The molecule has 1 aromatic heterocycles. The molecular formula is C79H64BN3O3. The molecule has 4 aliphatic rings. The lowest BCUT2D eigenvalue weighted by molar-refractivity contribution is 0.297. The van der Waals surface area contributed by atoms with E-state index in [9.17, 15) is 0 Å². The van der Waals surface area contributed by atoms with E-state index in [0.29, 0.717) is 13.2 Å². The van der Waals surface area contributed by atoms with E-state index in [1.54, 1.807) is 0 Å². The number of rotatable bonds is 8. The van der Waals surface area contributed by atoms with Crippen molar-refractivity contribution in [1.82, 2.24) is 0 Å². The number of hydrogen-bond donors (Lipinski definition) is 0. The van der Waals surface area contributed by atoms with E-state index in [0.717, 1.165) is 119 Å². The summed E-state index contributed by atoms with van der Waals surface area (Å²) in [6, 6.07) is 89.6. The van der Waals surface area contributed by atoms with Crippen LogP contribution in [0.2, 0.25) is 0 Å². The van der Waals surface area contributed by atoms with Gasteiger partial charge in [0.25, 0.3) is 6.71 Å². The molecule has 0 saturated carbocycles. The van der Waals surface area contributed by atoms with Gasteiger partial charge in [-0.15, -0.1) is 0 Å². The first-order valence-electron chi connectivity index (χ1n) is 30.2. The van der Waals surface area contributed by atoms with Crippen LogP contribution in [0.4, 0.5) is 51.2 Å². The average Bonchev–Trinajstić information content (AvgIpc) is 1.03. The van der Waals surface area contributed by atoms with Gasteiger partial charge < -0.3 is 28.6 Å². The Morgan fingerprint density at radius 2 is 1.15 bits per heavy atom. The SMILES string of the molecule is Cc1cc2c3c(c1)N(c1c(-c4ccccc4)ccc4c1OCCCO4)c1ccc(C(C)(C)C)cc1B3c1ccc(N(c3ccccc3)c3ccccc3)cc1N2c1cc(-c2ccc3c(c2)C(C)(C)c2ccccc2-3)cc(-c2cc3ccccc3o2)c1. The van der Waals surface area contributed by atoms with Crippen LogP contribution in [-0.2, 0) is 10.8 Å². The van der Waals surface area contributed by atoms with Gasteiger partial charge in [0.15, 0.2) is 11.5 Å². The summed E-state index contributed by atoms with van der Waals surface area (Å²) < 4.78 is 20.5. The Hall–Kier alpha value is -9.98. The lowest BCUT2D eigenvalue weighted by atomic mass is 9.33. The Morgan fingerprint density at radius 3 is 1.92 bits per heavy atom. The maximum absolute atomic E-state index is 6.99. The molecule has 0 unspecified atom stereocenters. The van der Waals surface area contributed by atoms with Gasteiger partial charge in [0.2, 0.25) is 0 Å². The molecule has 7 heteroatoms. The molecule has 0 fully saturated rings. The number of hydrogen-bond acceptors (Lipinski definition) is 6. The molecule has 0 radical (unpaired) electrons. The third kappa shape index (κ3) is 8.30. The van der Waals surface area contributed by atoms with Crippen LogP contribution in [0.15, 0.2) is 247 Å². The van der Waals surface area contributed by atoms with Crippen molar-refractivity contribution in [2.75, 3.05) is 27.9 Å². The maximum atomic E-state index is 6.99. The summed E-state index contributed by atoms with van der Waals surface area (Å²) in [6.45, 7) is 14.9. The van der Waals surface area contributed by atoms with Gasteiger partial charge in [0.1, 0.15) is 17.0 Å². The van der Waals surface area contributed by atoms with Crippen LogP contribution in [0.5, 0.6) is 11.5 Å². The standard InChI is InChI=1S/C79H64BN3O3/c1-50-41-70-75-71(42-50)83(76-61(51-21-10-7-11-22-51)35-38-73-77(76)85-40-20-39-84-73)68-37-32-56(78(2,3)4)48-67(68)80(75)66-36-33-59(81(57-24-12-8-13-25-57)58-26-14-9-15-27-58)49-69(66)82(70)60-44-54(43-55(45-60)74-47-53-23-16-19-30-72(53)86-74)52-31-34-63-62-28-17-18-29-64(62)79(5,6)65(63)46-52/h7-19,21-38,41-49H,20,39-40H2,1-6H3. The van der Waals surface area contributed by atoms with Gasteiger partial charge in [-0.25, -0.2) is 0 Å². The number of nitrogens with zero attached hydrogens (tertiary/aromatic N) is 3. The van der Waals surface area contributed by atoms with Crippen LogP contribution in [0, 0.1) is 6.92 Å². The highest BCUT2D eigenvalue weighted by atomic mass is 16.5. The summed E-state index contributed by atoms with van der Waals surface area (Å²) in [5, 5.41) is 1.06. The Morgan fingerprint density at radius 1 is 0.477 bits per heavy atom. The van der Waals surface area contributed by atoms with Crippen molar-refractivity contribution < 1.29 is 13.9 Å². The van der Waals surface area contributed by atoms with Crippen molar-refractivity contribution in [3.63, 3.8) is 0 Å².